The van der Waals surface area contributed by atoms with E-state index in [2.05, 4.69) is 0 Å². The van der Waals surface area contributed by atoms with Gasteiger partial charge in [0.1, 0.15) is 11.9 Å². The average molecular weight is 276 g/mol. The summed E-state index contributed by atoms with van der Waals surface area (Å²) in [5.74, 6) is -0.652. The van der Waals surface area contributed by atoms with Crippen molar-refractivity contribution in [2.45, 2.75) is 20.3 Å². The minimum atomic E-state index is -0.572. The summed E-state index contributed by atoms with van der Waals surface area (Å²) in [4.78, 5) is 13.9. The number of ether oxygens (including phenoxy) is 1. The van der Waals surface area contributed by atoms with E-state index in [1.54, 1.807) is 13.0 Å². The third-order valence-electron chi connectivity index (χ3n) is 3.66. The predicted octanol–water partition coefficient (Wildman–Crippen LogP) is 2.48. The lowest BCUT2D eigenvalue weighted by molar-refractivity contribution is -0.153. The van der Waals surface area contributed by atoms with Gasteiger partial charge in [0.05, 0.1) is 23.3 Å². The van der Waals surface area contributed by atoms with Crippen LogP contribution in [0.2, 0.25) is 0 Å². The molecule has 0 bridgehead atoms. The van der Waals surface area contributed by atoms with E-state index in [0.717, 1.165) is 0 Å². The third-order valence-corrected chi connectivity index (χ3v) is 3.66. The van der Waals surface area contributed by atoms with Crippen LogP contribution in [0.5, 0.6) is 0 Å². The van der Waals surface area contributed by atoms with Crippen LogP contribution in [0.15, 0.2) is 18.2 Å². The number of esters is 1. The number of carbonyl (C=O) groups is 1. The second-order valence-electron chi connectivity index (χ2n) is 5.23. The normalized spacial score (nSPS) is 21.6. The molecule has 1 aromatic rings. The van der Waals surface area contributed by atoms with E-state index >= 15 is 0 Å². The molecule has 1 atom stereocenters. The van der Waals surface area contributed by atoms with Gasteiger partial charge in [0.15, 0.2) is 0 Å². The van der Waals surface area contributed by atoms with Crippen LogP contribution in [0, 0.1) is 22.6 Å². The fourth-order valence-corrected chi connectivity index (χ4v) is 2.51. The molecule has 1 aliphatic heterocycles. The molecule has 0 amide bonds. The molecule has 1 unspecified atom stereocenters. The predicted molar refractivity (Wildman–Crippen MR) is 72.7 cm³/mol. The maximum Gasteiger partial charge on any atom is 0.313 e. The molecular formula is C15H17FN2O2. The Morgan fingerprint density at radius 1 is 1.60 bits per heavy atom. The van der Waals surface area contributed by atoms with Crippen LogP contribution >= 0.6 is 0 Å². The van der Waals surface area contributed by atoms with Crippen molar-refractivity contribution in [3.63, 3.8) is 0 Å². The van der Waals surface area contributed by atoms with Crippen molar-refractivity contribution in [3.05, 3.63) is 29.6 Å². The highest BCUT2D eigenvalue weighted by Gasteiger charge is 2.42. The number of anilines is 1. The molecule has 1 heterocycles. The summed E-state index contributed by atoms with van der Waals surface area (Å²) in [5.41, 5.74) is 0.386. The van der Waals surface area contributed by atoms with Gasteiger partial charge in [0.25, 0.3) is 0 Å². The van der Waals surface area contributed by atoms with Gasteiger partial charge in [-0.25, -0.2) is 4.39 Å². The second kappa shape index (κ2) is 5.49. The van der Waals surface area contributed by atoms with Crippen molar-refractivity contribution in [2.75, 3.05) is 24.6 Å². The molecule has 0 N–H and O–H groups in total. The summed E-state index contributed by atoms with van der Waals surface area (Å²) in [7, 11) is 0. The molecule has 20 heavy (non-hydrogen) atoms. The van der Waals surface area contributed by atoms with Gasteiger partial charge in [-0.2, -0.15) is 5.26 Å². The molecule has 0 radical (unpaired) electrons. The summed E-state index contributed by atoms with van der Waals surface area (Å²) in [6, 6.07) is 6.13. The fraction of sp³-hybridized carbons (Fsp3) is 0.467. The molecular weight excluding hydrogens is 259 g/mol. The third kappa shape index (κ3) is 2.60. The zero-order valence-electron chi connectivity index (χ0n) is 11.6. The smallest absolute Gasteiger partial charge is 0.313 e. The minimum absolute atomic E-state index is 0.219. The molecule has 0 aliphatic carbocycles. The lowest BCUT2D eigenvalue weighted by atomic mass is 9.90. The van der Waals surface area contributed by atoms with Crippen LogP contribution in [0.1, 0.15) is 25.8 Å². The first-order valence-corrected chi connectivity index (χ1v) is 6.62. The first-order chi connectivity index (χ1) is 9.50. The Labute approximate surface area is 117 Å². The van der Waals surface area contributed by atoms with Gasteiger partial charge in [0.2, 0.25) is 0 Å². The first-order valence-electron chi connectivity index (χ1n) is 6.62. The van der Waals surface area contributed by atoms with E-state index in [1.807, 2.05) is 17.9 Å². The van der Waals surface area contributed by atoms with Gasteiger partial charge in [-0.05, 0) is 38.5 Å². The van der Waals surface area contributed by atoms with Gasteiger partial charge >= 0.3 is 5.97 Å². The summed E-state index contributed by atoms with van der Waals surface area (Å²) < 4.78 is 18.3. The Morgan fingerprint density at radius 3 is 3.00 bits per heavy atom. The van der Waals surface area contributed by atoms with Gasteiger partial charge in [0, 0.05) is 13.1 Å². The maximum absolute atomic E-state index is 13.2. The molecule has 4 nitrogen and oxygen atoms in total. The van der Waals surface area contributed by atoms with Crippen molar-refractivity contribution in [3.8, 4) is 6.07 Å². The monoisotopic (exact) mass is 276 g/mol. The lowest BCUT2D eigenvalue weighted by Crippen LogP contribution is -2.33. The summed E-state index contributed by atoms with van der Waals surface area (Å²) in [6.07, 6.45) is 0.661. The number of halogens is 1. The Kier molecular flexibility index (Phi) is 3.93. The summed E-state index contributed by atoms with van der Waals surface area (Å²) >= 11 is 0. The van der Waals surface area contributed by atoms with Crippen LogP contribution in [0.3, 0.4) is 0 Å². The topological polar surface area (TPSA) is 53.3 Å². The summed E-state index contributed by atoms with van der Waals surface area (Å²) in [5, 5.41) is 9.09. The largest absolute Gasteiger partial charge is 0.466 e. The molecule has 1 fully saturated rings. The fourth-order valence-electron chi connectivity index (χ4n) is 2.51. The number of benzene rings is 1. The van der Waals surface area contributed by atoms with Crippen molar-refractivity contribution in [1.29, 1.82) is 5.26 Å². The number of rotatable bonds is 3. The Balaban J connectivity index is 2.22. The highest BCUT2D eigenvalue weighted by atomic mass is 19.1. The van der Waals surface area contributed by atoms with E-state index in [0.29, 0.717) is 31.8 Å². The van der Waals surface area contributed by atoms with Crippen molar-refractivity contribution >= 4 is 11.7 Å². The van der Waals surface area contributed by atoms with Gasteiger partial charge in [-0.1, -0.05) is 0 Å². The van der Waals surface area contributed by atoms with Crippen LogP contribution < -0.4 is 4.90 Å². The minimum Gasteiger partial charge on any atom is -0.466 e. The van der Waals surface area contributed by atoms with Gasteiger partial charge in [-0.15, -0.1) is 0 Å². The zero-order chi connectivity index (χ0) is 14.8. The van der Waals surface area contributed by atoms with Crippen LogP contribution in [0.4, 0.5) is 10.1 Å². The quantitative estimate of drug-likeness (QED) is 0.796. The van der Waals surface area contributed by atoms with Gasteiger partial charge < -0.3 is 9.64 Å². The van der Waals surface area contributed by atoms with Crippen LogP contribution in [-0.4, -0.2) is 25.7 Å². The van der Waals surface area contributed by atoms with Gasteiger partial charge in [-0.3, -0.25) is 4.79 Å². The number of hydrogen-bond donors (Lipinski definition) is 0. The first kappa shape index (κ1) is 14.3. The Bertz CT molecular complexity index is 567. The summed E-state index contributed by atoms with van der Waals surface area (Å²) in [6.45, 7) is 5.12. The second-order valence-corrected chi connectivity index (χ2v) is 5.23. The lowest BCUT2D eigenvalue weighted by Gasteiger charge is -2.24. The SMILES string of the molecule is CCOC(=O)C1(C)CCN(c2ccc(F)cc2C#N)C1. The highest BCUT2D eigenvalue weighted by molar-refractivity contribution is 5.78. The molecule has 1 aliphatic rings. The maximum atomic E-state index is 13.2. The standard InChI is InChI=1S/C15H17FN2O2/c1-3-20-14(19)15(2)6-7-18(10-15)13-5-4-12(16)8-11(13)9-17/h4-5,8H,3,6-7,10H2,1-2H3. The molecule has 0 aromatic heterocycles. The number of carbonyl (C=O) groups excluding carboxylic acids is 1. The highest BCUT2D eigenvalue weighted by Crippen LogP contribution is 2.35. The Hall–Kier alpha value is -2.09. The molecule has 1 aromatic carbocycles. The molecule has 0 saturated carbocycles. The molecule has 1 saturated heterocycles. The van der Waals surface area contributed by atoms with E-state index in [4.69, 9.17) is 10.00 Å². The molecule has 2 rings (SSSR count). The van der Waals surface area contributed by atoms with E-state index < -0.39 is 11.2 Å². The van der Waals surface area contributed by atoms with Crippen LogP contribution in [-0.2, 0) is 9.53 Å². The van der Waals surface area contributed by atoms with Crippen molar-refractivity contribution in [1.82, 2.24) is 0 Å². The van der Waals surface area contributed by atoms with Crippen molar-refractivity contribution < 1.29 is 13.9 Å². The average Bonchev–Trinajstić information content (AvgIpc) is 2.82. The number of nitriles is 1. The van der Waals surface area contributed by atoms with Crippen molar-refractivity contribution in [2.24, 2.45) is 5.41 Å². The van der Waals surface area contributed by atoms with E-state index in [-0.39, 0.29) is 11.5 Å². The number of hydrogen-bond acceptors (Lipinski definition) is 4. The van der Waals surface area contributed by atoms with E-state index in [9.17, 15) is 9.18 Å². The number of nitrogens with zero attached hydrogens (tertiary/aromatic N) is 2. The van der Waals surface area contributed by atoms with E-state index in [1.165, 1.54) is 12.1 Å². The zero-order valence-corrected chi connectivity index (χ0v) is 11.6. The Morgan fingerprint density at radius 2 is 2.35 bits per heavy atom. The molecule has 5 heteroatoms. The molecule has 0 spiro atoms. The van der Waals surface area contributed by atoms with Crippen LogP contribution in [0.25, 0.3) is 0 Å². The molecule has 106 valence electrons.